The van der Waals surface area contributed by atoms with Gasteiger partial charge >= 0.3 is 0 Å². The number of amides is 1. The zero-order valence-corrected chi connectivity index (χ0v) is 10.8. The second kappa shape index (κ2) is 7.96. The summed E-state index contributed by atoms with van der Waals surface area (Å²) in [7, 11) is 0. The van der Waals surface area contributed by atoms with Crippen LogP contribution in [0.15, 0.2) is 24.3 Å². The van der Waals surface area contributed by atoms with Crippen LogP contribution in [0.4, 0.5) is 5.69 Å². The van der Waals surface area contributed by atoms with Gasteiger partial charge in [0.05, 0.1) is 6.61 Å². The molecule has 0 aliphatic carbocycles. The van der Waals surface area contributed by atoms with Crippen molar-refractivity contribution in [3.63, 3.8) is 0 Å². The normalized spacial score (nSPS) is 10.0. The molecule has 0 aliphatic rings. The Morgan fingerprint density at radius 2 is 2.00 bits per heavy atom. The monoisotopic (exact) mass is 255 g/mol. The molecule has 0 aliphatic heterocycles. The molecule has 1 aromatic rings. The summed E-state index contributed by atoms with van der Waals surface area (Å²) in [6, 6.07) is 7.37. The Bertz CT molecular complexity index is 338. The van der Waals surface area contributed by atoms with E-state index in [4.69, 9.17) is 16.3 Å². The molecule has 1 aromatic carbocycles. The van der Waals surface area contributed by atoms with E-state index >= 15 is 0 Å². The van der Waals surface area contributed by atoms with Crippen molar-refractivity contribution in [1.29, 1.82) is 0 Å². The van der Waals surface area contributed by atoms with Crippen molar-refractivity contribution in [2.45, 2.75) is 26.2 Å². The van der Waals surface area contributed by atoms with Crippen molar-refractivity contribution < 1.29 is 9.53 Å². The molecule has 0 fully saturated rings. The van der Waals surface area contributed by atoms with Crippen LogP contribution in [-0.4, -0.2) is 18.4 Å². The molecular weight excluding hydrogens is 238 g/mol. The zero-order chi connectivity index (χ0) is 12.5. The Morgan fingerprint density at radius 1 is 1.29 bits per heavy atom. The van der Waals surface area contributed by atoms with Crippen molar-refractivity contribution in [3.8, 4) is 5.75 Å². The lowest BCUT2D eigenvalue weighted by molar-refractivity contribution is -0.116. The highest BCUT2D eigenvalue weighted by Gasteiger charge is 2.02. The lowest BCUT2D eigenvalue weighted by atomic mass is 10.2. The van der Waals surface area contributed by atoms with Crippen LogP contribution >= 0.6 is 11.6 Å². The lowest BCUT2D eigenvalue weighted by Gasteiger charge is -2.06. The second-order valence-electron chi connectivity index (χ2n) is 3.65. The number of ether oxygens (including phenoxy) is 1. The number of carbonyl (C=O) groups is 1. The van der Waals surface area contributed by atoms with Crippen LogP contribution in [0.5, 0.6) is 5.75 Å². The van der Waals surface area contributed by atoms with Crippen LogP contribution in [0.2, 0.25) is 0 Å². The lowest BCUT2D eigenvalue weighted by Crippen LogP contribution is -2.11. The van der Waals surface area contributed by atoms with Gasteiger partial charge in [0.15, 0.2) is 0 Å². The number of unbranched alkanes of at least 4 members (excludes halogenated alkanes) is 1. The van der Waals surface area contributed by atoms with Crippen LogP contribution in [0.3, 0.4) is 0 Å². The molecule has 0 unspecified atom stereocenters. The third-order valence-electron chi connectivity index (χ3n) is 2.24. The fourth-order valence-corrected chi connectivity index (χ4v) is 1.59. The SMILES string of the molecule is CCOc1ccc(NC(=O)CCCCCl)cc1. The van der Waals surface area contributed by atoms with Crippen molar-refractivity contribution in [2.75, 3.05) is 17.8 Å². The smallest absolute Gasteiger partial charge is 0.224 e. The van der Waals surface area contributed by atoms with Gasteiger partial charge < -0.3 is 10.1 Å². The molecule has 0 bridgehead atoms. The minimum atomic E-state index is 0.0271. The van der Waals surface area contributed by atoms with Gasteiger partial charge in [-0.15, -0.1) is 11.6 Å². The summed E-state index contributed by atoms with van der Waals surface area (Å²) in [5, 5.41) is 2.83. The minimum Gasteiger partial charge on any atom is -0.494 e. The number of hydrogen-bond acceptors (Lipinski definition) is 2. The number of anilines is 1. The van der Waals surface area contributed by atoms with Crippen molar-refractivity contribution in [3.05, 3.63) is 24.3 Å². The summed E-state index contributed by atoms with van der Waals surface area (Å²) in [5.41, 5.74) is 0.796. The van der Waals surface area contributed by atoms with Gasteiger partial charge in [-0.05, 0) is 44.0 Å². The summed E-state index contributed by atoms with van der Waals surface area (Å²) in [6.07, 6.45) is 2.21. The van der Waals surface area contributed by atoms with E-state index in [2.05, 4.69) is 5.32 Å². The van der Waals surface area contributed by atoms with Crippen molar-refractivity contribution in [2.24, 2.45) is 0 Å². The van der Waals surface area contributed by atoms with Gasteiger partial charge in [0.2, 0.25) is 5.91 Å². The van der Waals surface area contributed by atoms with Gasteiger partial charge in [-0.1, -0.05) is 0 Å². The van der Waals surface area contributed by atoms with Crippen molar-refractivity contribution in [1.82, 2.24) is 0 Å². The average Bonchev–Trinajstić information content (AvgIpc) is 2.32. The molecule has 0 saturated carbocycles. The van der Waals surface area contributed by atoms with Crippen molar-refractivity contribution >= 4 is 23.2 Å². The highest BCUT2D eigenvalue weighted by atomic mass is 35.5. The molecule has 0 radical (unpaired) electrons. The number of rotatable bonds is 7. The van der Waals surface area contributed by atoms with E-state index in [9.17, 15) is 4.79 Å². The molecule has 1 amide bonds. The topological polar surface area (TPSA) is 38.3 Å². The van der Waals surface area contributed by atoms with E-state index in [-0.39, 0.29) is 5.91 Å². The maximum Gasteiger partial charge on any atom is 0.224 e. The predicted molar refractivity (Wildman–Crippen MR) is 70.8 cm³/mol. The number of alkyl halides is 1. The highest BCUT2D eigenvalue weighted by Crippen LogP contribution is 2.15. The Morgan fingerprint density at radius 3 is 2.59 bits per heavy atom. The molecule has 1 N–H and O–H groups in total. The summed E-state index contributed by atoms with van der Waals surface area (Å²) in [6.45, 7) is 2.58. The van der Waals surface area contributed by atoms with Crippen LogP contribution in [0.1, 0.15) is 26.2 Å². The van der Waals surface area contributed by atoms with Gasteiger partial charge in [-0.2, -0.15) is 0 Å². The fraction of sp³-hybridized carbons (Fsp3) is 0.462. The highest BCUT2D eigenvalue weighted by molar-refractivity contribution is 6.17. The zero-order valence-electron chi connectivity index (χ0n) is 10.0. The third-order valence-corrected chi connectivity index (χ3v) is 2.50. The molecule has 4 heteroatoms. The van der Waals surface area contributed by atoms with E-state index in [0.29, 0.717) is 18.9 Å². The standard InChI is InChI=1S/C13H18ClNO2/c1-2-17-12-8-6-11(7-9-12)15-13(16)5-3-4-10-14/h6-9H,2-5,10H2,1H3,(H,15,16). The van der Waals surface area contributed by atoms with Crippen LogP contribution in [0, 0.1) is 0 Å². The summed E-state index contributed by atoms with van der Waals surface area (Å²) in [4.78, 5) is 11.5. The number of hydrogen-bond donors (Lipinski definition) is 1. The quantitative estimate of drug-likeness (QED) is 0.599. The molecular formula is C13H18ClNO2. The molecule has 0 atom stereocenters. The largest absolute Gasteiger partial charge is 0.494 e. The van der Waals surface area contributed by atoms with Gasteiger partial charge in [0, 0.05) is 18.0 Å². The Kier molecular flexibility index (Phi) is 6.48. The summed E-state index contributed by atoms with van der Waals surface area (Å²) in [5.74, 6) is 1.45. The van der Waals surface area contributed by atoms with Gasteiger partial charge in [-0.3, -0.25) is 4.79 Å². The Hall–Kier alpha value is -1.22. The molecule has 0 heterocycles. The van der Waals surface area contributed by atoms with E-state index in [0.717, 1.165) is 24.3 Å². The molecule has 94 valence electrons. The van der Waals surface area contributed by atoms with E-state index in [1.807, 2.05) is 31.2 Å². The molecule has 0 spiro atoms. The average molecular weight is 256 g/mol. The first kappa shape index (κ1) is 13.8. The van der Waals surface area contributed by atoms with Crippen LogP contribution in [-0.2, 0) is 4.79 Å². The number of carbonyl (C=O) groups excluding carboxylic acids is 1. The second-order valence-corrected chi connectivity index (χ2v) is 4.03. The van der Waals surface area contributed by atoms with Gasteiger partial charge in [-0.25, -0.2) is 0 Å². The molecule has 0 saturated heterocycles. The first-order chi connectivity index (χ1) is 8.26. The van der Waals surface area contributed by atoms with Gasteiger partial charge in [0.1, 0.15) is 5.75 Å². The summed E-state index contributed by atoms with van der Waals surface area (Å²) >= 11 is 5.55. The number of halogens is 1. The first-order valence-corrected chi connectivity index (χ1v) is 6.38. The van der Waals surface area contributed by atoms with E-state index in [1.54, 1.807) is 0 Å². The third kappa shape index (κ3) is 5.59. The Labute approximate surface area is 107 Å². The van der Waals surface area contributed by atoms with Crippen LogP contribution in [0.25, 0.3) is 0 Å². The minimum absolute atomic E-state index is 0.0271. The number of benzene rings is 1. The Balaban J connectivity index is 2.37. The molecule has 1 rings (SSSR count). The van der Waals surface area contributed by atoms with Crippen LogP contribution < -0.4 is 10.1 Å². The van der Waals surface area contributed by atoms with E-state index < -0.39 is 0 Å². The molecule has 3 nitrogen and oxygen atoms in total. The fourth-order valence-electron chi connectivity index (χ4n) is 1.40. The predicted octanol–water partition coefficient (Wildman–Crippen LogP) is 3.43. The maximum absolute atomic E-state index is 11.5. The maximum atomic E-state index is 11.5. The van der Waals surface area contributed by atoms with E-state index in [1.165, 1.54) is 0 Å². The molecule has 17 heavy (non-hydrogen) atoms. The molecule has 0 aromatic heterocycles. The summed E-state index contributed by atoms with van der Waals surface area (Å²) < 4.78 is 5.32. The number of nitrogens with one attached hydrogen (secondary N) is 1. The first-order valence-electron chi connectivity index (χ1n) is 5.85. The van der Waals surface area contributed by atoms with Gasteiger partial charge in [0.25, 0.3) is 0 Å².